The van der Waals surface area contributed by atoms with Crippen molar-refractivity contribution >= 4 is 17.2 Å². The smallest absolute Gasteiger partial charge is 0.163 e. The molecule has 2 N–H and O–H groups in total. The zero-order valence-corrected chi connectivity index (χ0v) is 19.6. The third-order valence-electron chi connectivity index (χ3n) is 6.64. The standard InChI is InChI=1S/C28H28N2O4/c1-32-24-11-7-4-8-19(24)28-27-22(29-20-9-5-6-10-21(20)30-28)14-18(15-23(27)31)17-12-13-25(33-2)26(16-17)34-3/h4-13,16,18,28-30H,14-15H2,1-3H3/t18-,28-/m0/s1. The van der Waals surface area contributed by atoms with Crippen LogP contribution in [0.2, 0.25) is 0 Å². The number of nitrogens with one attached hydrogen (secondary N) is 2. The Morgan fingerprint density at radius 1 is 0.765 bits per heavy atom. The summed E-state index contributed by atoms with van der Waals surface area (Å²) in [7, 11) is 4.91. The Labute approximate surface area is 199 Å². The number of fused-ring (bicyclic) bond motifs is 1. The first kappa shape index (κ1) is 21.9. The predicted octanol–water partition coefficient (Wildman–Crippen LogP) is 5.69. The molecule has 0 saturated carbocycles. The van der Waals surface area contributed by atoms with E-state index in [9.17, 15) is 4.79 Å². The summed E-state index contributed by atoms with van der Waals surface area (Å²) in [6.45, 7) is 0. The molecule has 0 unspecified atom stereocenters. The van der Waals surface area contributed by atoms with Crippen molar-refractivity contribution in [1.29, 1.82) is 0 Å². The maximum absolute atomic E-state index is 13.7. The third kappa shape index (κ3) is 3.85. The number of allylic oxidation sites excluding steroid dienone is 1. The van der Waals surface area contributed by atoms with Crippen LogP contribution in [0.1, 0.15) is 35.9 Å². The molecule has 3 aromatic carbocycles. The first-order valence-electron chi connectivity index (χ1n) is 11.4. The van der Waals surface area contributed by atoms with E-state index < -0.39 is 0 Å². The highest BCUT2D eigenvalue weighted by Crippen LogP contribution is 2.46. The number of carbonyl (C=O) groups excluding carboxylic acids is 1. The molecule has 0 amide bonds. The van der Waals surface area contributed by atoms with Crippen LogP contribution in [0.5, 0.6) is 17.2 Å². The molecular weight excluding hydrogens is 428 g/mol. The lowest BCUT2D eigenvalue weighted by atomic mass is 9.78. The molecule has 0 radical (unpaired) electrons. The van der Waals surface area contributed by atoms with Crippen LogP contribution in [0.15, 0.2) is 78.0 Å². The fourth-order valence-corrected chi connectivity index (χ4v) is 4.97. The van der Waals surface area contributed by atoms with E-state index in [4.69, 9.17) is 14.2 Å². The number of para-hydroxylation sites is 3. The topological polar surface area (TPSA) is 68.8 Å². The third-order valence-corrected chi connectivity index (χ3v) is 6.64. The van der Waals surface area contributed by atoms with Crippen LogP contribution in [0.25, 0.3) is 0 Å². The van der Waals surface area contributed by atoms with Gasteiger partial charge in [-0.25, -0.2) is 0 Å². The van der Waals surface area contributed by atoms with E-state index in [-0.39, 0.29) is 17.7 Å². The fraction of sp³-hybridized carbons (Fsp3) is 0.250. The van der Waals surface area contributed by atoms with Crippen LogP contribution < -0.4 is 24.8 Å². The molecule has 2 aliphatic rings. The van der Waals surface area contributed by atoms with E-state index >= 15 is 0 Å². The Hall–Kier alpha value is -3.93. The molecule has 34 heavy (non-hydrogen) atoms. The molecule has 5 rings (SSSR count). The van der Waals surface area contributed by atoms with Gasteiger partial charge >= 0.3 is 0 Å². The molecule has 3 aromatic rings. The molecule has 6 heteroatoms. The highest BCUT2D eigenvalue weighted by molar-refractivity contribution is 6.01. The second kappa shape index (κ2) is 9.14. The van der Waals surface area contributed by atoms with Gasteiger partial charge in [-0.2, -0.15) is 0 Å². The first-order chi connectivity index (χ1) is 16.6. The molecule has 174 valence electrons. The van der Waals surface area contributed by atoms with Crippen LogP contribution in [0.4, 0.5) is 11.4 Å². The Morgan fingerprint density at radius 2 is 1.47 bits per heavy atom. The van der Waals surface area contributed by atoms with Crippen LogP contribution in [0.3, 0.4) is 0 Å². The van der Waals surface area contributed by atoms with Gasteiger partial charge in [-0.3, -0.25) is 4.79 Å². The minimum atomic E-state index is -0.318. The Kier molecular flexibility index (Phi) is 5.88. The van der Waals surface area contributed by atoms with E-state index in [1.54, 1.807) is 21.3 Å². The van der Waals surface area contributed by atoms with Crippen LogP contribution in [-0.2, 0) is 4.79 Å². The molecular formula is C28H28N2O4. The van der Waals surface area contributed by atoms with E-state index in [0.29, 0.717) is 24.3 Å². The number of rotatable bonds is 5. The molecule has 1 aliphatic heterocycles. The summed E-state index contributed by atoms with van der Waals surface area (Å²) >= 11 is 0. The molecule has 0 aromatic heterocycles. The SMILES string of the molecule is COc1ccc([C@@H]2CC(=O)C3=C(C2)Nc2ccccc2N[C@H]3c2ccccc2OC)cc1OC. The molecule has 0 saturated heterocycles. The average Bonchev–Trinajstić information content (AvgIpc) is 3.05. The quantitative estimate of drug-likeness (QED) is 0.514. The maximum Gasteiger partial charge on any atom is 0.163 e. The van der Waals surface area contributed by atoms with Crippen molar-refractivity contribution in [2.24, 2.45) is 0 Å². The van der Waals surface area contributed by atoms with Crippen molar-refractivity contribution in [3.8, 4) is 17.2 Å². The number of carbonyl (C=O) groups is 1. The van der Waals surface area contributed by atoms with Crippen molar-refractivity contribution in [1.82, 2.24) is 0 Å². The van der Waals surface area contributed by atoms with Gasteiger partial charge in [0.2, 0.25) is 0 Å². The van der Waals surface area contributed by atoms with Crippen LogP contribution >= 0.6 is 0 Å². The Bertz CT molecular complexity index is 1270. The normalized spacial score (nSPS) is 19.2. The lowest BCUT2D eigenvalue weighted by molar-refractivity contribution is -0.116. The predicted molar refractivity (Wildman–Crippen MR) is 133 cm³/mol. The fourth-order valence-electron chi connectivity index (χ4n) is 4.97. The summed E-state index contributed by atoms with van der Waals surface area (Å²) in [5.41, 5.74) is 5.59. The molecule has 0 spiro atoms. The number of Topliss-reactive ketones (excluding diaryl/α,β-unsaturated/α-hetero) is 1. The monoisotopic (exact) mass is 456 g/mol. The Morgan fingerprint density at radius 3 is 2.24 bits per heavy atom. The number of ether oxygens (including phenoxy) is 3. The molecule has 1 aliphatic carbocycles. The number of hydrogen-bond acceptors (Lipinski definition) is 6. The summed E-state index contributed by atoms with van der Waals surface area (Å²) in [4.78, 5) is 13.7. The number of ketones is 1. The number of methoxy groups -OCH3 is 3. The lowest BCUT2D eigenvalue weighted by Crippen LogP contribution is -2.27. The average molecular weight is 457 g/mol. The highest BCUT2D eigenvalue weighted by atomic mass is 16.5. The van der Waals surface area contributed by atoms with Gasteiger partial charge in [0.05, 0.1) is 38.7 Å². The van der Waals surface area contributed by atoms with Crippen molar-refractivity contribution < 1.29 is 19.0 Å². The summed E-state index contributed by atoms with van der Waals surface area (Å²) in [5.74, 6) is 2.24. The van der Waals surface area contributed by atoms with Gasteiger partial charge in [-0.1, -0.05) is 36.4 Å². The van der Waals surface area contributed by atoms with E-state index in [1.165, 1.54) is 0 Å². The molecule has 1 heterocycles. The van der Waals surface area contributed by atoms with Gasteiger partial charge in [0, 0.05) is 23.3 Å². The van der Waals surface area contributed by atoms with Crippen molar-refractivity contribution in [2.75, 3.05) is 32.0 Å². The van der Waals surface area contributed by atoms with E-state index in [1.807, 2.05) is 66.7 Å². The molecule has 0 bridgehead atoms. The van der Waals surface area contributed by atoms with Gasteiger partial charge in [-0.15, -0.1) is 0 Å². The summed E-state index contributed by atoms with van der Waals surface area (Å²) in [6.07, 6.45) is 1.12. The maximum atomic E-state index is 13.7. The minimum absolute atomic E-state index is 0.0298. The minimum Gasteiger partial charge on any atom is -0.496 e. The molecule has 2 atom stereocenters. The van der Waals surface area contributed by atoms with Gasteiger partial charge in [-0.05, 0) is 48.2 Å². The second-order valence-electron chi connectivity index (χ2n) is 8.52. The van der Waals surface area contributed by atoms with E-state index in [2.05, 4.69) is 10.6 Å². The van der Waals surface area contributed by atoms with Crippen LogP contribution in [-0.4, -0.2) is 27.1 Å². The van der Waals surface area contributed by atoms with Gasteiger partial charge < -0.3 is 24.8 Å². The van der Waals surface area contributed by atoms with Crippen LogP contribution in [0, 0.1) is 0 Å². The van der Waals surface area contributed by atoms with Crippen molar-refractivity contribution in [2.45, 2.75) is 24.8 Å². The van der Waals surface area contributed by atoms with Crippen molar-refractivity contribution in [3.05, 3.63) is 89.1 Å². The van der Waals surface area contributed by atoms with Gasteiger partial charge in [0.15, 0.2) is 17.3 Å². The Balaban J connectivity index is 1.60. The summed E-state index contributed by atoms with van der Waals surface area (Å²) in [5, 5.41) is 7.19. The van der Waals surface area contributed by atoms with E-state index in [0.717, 1.165) is 39.5 Å². The van der Waals surface area contributed by atoms with Crippen molar-refractivity contribution in [3.63, 3.8) is 0 Å². The first-order valence-corrected chi connectivity index (χ1v) is 11.4. The highest BCUT2D eigenvalue weighted by Gasteiger charge is 2.37. The lowest BCUT2D eigenvalue weighted by Gasteiger charge is -2.30. The molecule has 6 nitrogen and oxygen atoms in total. The number of benzene rings is 3. The zero-order chi connectivity index (χ0) is 23.7. The van der Waals surface area contributed by atoms with Gasteiger partial charge in [0.25, 0.3) is 0 Å². The number of hydrogen-bond donors (Lipinski definition) is 2. The second-order valence-corrected chi connectivity index (χ2v) is 8.52. The zero-order valence-electron chi connectivity index (χ0n) is 19.6. The largest absolute Gasteiger partial charge is 0.496 e. The number of anilines is 2. The summed E-state index contributed by atoms with van der Waals surface area (Å²) in [6, 6.07) is 21.5. The van der Waals surface area contributed by atoms with Gasteiger partial charge in [0.1, 0.15) is 5.75 Å². The molecule has 0 fully saturated rings. The summed E-state index contributed by atoms with van der Waals surface area (Å²) < 4.78 is 16.6.